The molecular formula is C18H24FN5O6. The van der Waals surface area contributed by atoms with E-state index in [1.54, 1.807) is 0 Å². The zero-order chi connectivity index (χ0) is 22.2. The van der Waals surface area contributed by atoms with E-state index in [0.717, 1.165) is 11.5 Å². The molecule has 1 saturated heterocycles. The predicted octanol–water partition coefficient (Wildman–Crippen LogP) is 0.562. The number of fused-ring (bicyclic) bond motifs is 1. The van der Waals surface area contributed by atoms with Crippen LogP contribution < -0.4 is 11.4 Å². The largest absolute Gasteiger partial charge is 0.463 e. The Morgan fingerprint density at radius 2 is 2.03 bits per heavy atom. The summed E-state index contributed by atoms with van der Waals surface area (Å²) in [5.41, 5.74) is 5.66. The van der Waals surface area contributed by atoms with Gasteiger partial charge in [-0.1, -0.05) is 13.8 Å². The van der Waals surface area contributed by atoms with Gasteiger partial charge in [-0.25, -0.2) is 18.7 Å². The number of ether oxygens (including phenoxy) is 3. The Bertz CT molecular complexity index is 1020. The normalized spacial score (nSPS) is 23.8. The number of hydrogen-bond donors (Lipinski definition) is 1. The Morgan fingerprint density at radius 1 is 1.33 bits per heavy atom. The summed E-state index contributed by atoms with van der Waals surface area (Å²) in [5.74, 6) is -1.35. The number of aromatic nitrogens is 4. The van der Waals surface area contributed by atoms with Gasteiger partial charge in [-0.15, -0.1) is 0 Å². The van der Waals surface area contributed by atoms with E-state index >= 15 is 4.39 Å². The highest BCUT2D eigenvalue weighted by molar-refractivity contribution is 5.72. The van der Waals surface area contributed by atoms with Gasteiger partial charge in [0.2, 0.25) is 5.95 Å². The number of carbonyl (C=O) groups excluding carboxylic acids is 2. The summed E-state index contributed by atoms with van der Waals surface area (Å²) in [6.45, 7) is 6.08. The molecule has 1 aliphatic heterocycles. The molecular weight excluding hydrogens is 401 g/mol. The van der Waals surface area contributed by atoms with Crippen molar-refractivity contribution in [3.63, 3.8) is 0 Å². The fourth-order valence-corrected chi connectivity index (χ4v) is 3.40. The van der Waals surface area contributed by atoms with Gasteiger partial charge in [-0.3, -0.25) is 14.2 Å². The second kappa shape index (κ2) is 8.38. The minimum Gasteiger partial charge on any atom is -0.463 e. The van der Waals surface area contributed by atoms with Gasteiger partial charge >= 0.3 is 17.6 Å². The first kappa shape index (κ1) is 21.7. The summed E-state index contributed by atoms with van der Waals surface area (Å²) in [6.07, 6.45) is -4.46. The summed E-state index contributed by atoms with van der Waals surface area (Å²) in [5, 5.41) is 0. The van der Waals surface area contributed by atoms with Gasteiger partial charge in [0.05, 0.1) is 6.20 Å². The highest BCUT2D eigenvalue weighted by Crippen LogP contribution is 2.35. The van der Waals surface area contributed by atoms with Crippen LogP contribution in [0.5, 0.6) is 0 Å². The molecule has 0 saturated carbocycles. The number of alkyl halides is 1. The van der Waals surface area contributed by atoms with Crippen molar-refractivity contribution >= 4 is 29.1 Å². The van der Waals surface area contributed by atoms with Gasteiger partial charge in [-0.05, 0) is 5.92 Å². The number of hydrogen-bond acceptors (Lipinski definition) is 9. The zero-order valence-electron chi connectivity index (χ0n) is 17.1. The first-order chi connectivity index (χ1) is 14.1. The Morgan fingerprint density at radius 3 is 2.63 bits per heavy atom. The number of nitrogens with zero attached hydrogens (tertiary/aromatic N) is 4. The van der Waals surface area contributed by atoms with Gasteiger partial charge in [0.15, 0.2) is 24.2 Å². The van der Waals surface area contributed by atoms with E-state index in [1.165, 1.54) is 17.7 Å². The smallest absolute Gasteiger partial charge is 0.332 e. The Kier molecular flexibility index (Phi) is 6.06. The molecule has 12 heteroatoms. The first-order valence-corrected chi connectivity index (χ1v) is 9.43. The molecule has 0 bridgehead atoms. The summed E-state index contributed by atoms with van der Waals surface area (Å²) in [4.78, 5) is 44.0. The maximum atomic E-state index is 15.1. The third-order valence-corrected chi connectivity index (χ3v) is 4.54. The van der Waals surface area contributed by atoms with Gasteiger partial charge in [0.25, 0.3) is 0 Å². The van der Waals surface area contributed by atoms with Crippen molar-refractivity contribution in [3.05, 3.63) is 16.7 Å². The van der Waals surface area contributed by atoms with Crippen molar-refractivity contribution < 1.29 is 28.2 Å². The van der Waals surface area contributed by atoms with Crippen LogP contribution in [0.25, 0.3) is 11.2 Å². The third kappa shape index (κ3) is 4.13. The molecule has 0 aliphatic carbocycles. The average molecular weight is 425 g/mol. The van der Waals surface area contributed by atoms with Gasteiger partial charge in [-0.2, -0.15) is 4.98 Å². The Hall–Kier alpha value is -3.02. The van der Waals surface area contributed by atoms with Crippen molar-refractivity contribution in [1.29, 1.82) is 0 Å². The number of halogens is 1. The fourth-order valence-electron chi connectivity index (χ4n) is 3.40. The van der Waals surface area contributed by atoms with Crippen LogP contribution in [0.3, 0.4) is 0 Å². The maximum Gasteiger partial charge on any atom is 0.332 e. The first-order valence-electron chi connectivity index (χ1n) is 9.43. The molecule has 4 atom stereocenters. The van der Waals surface area contributed by atoms with E-state index in [9.17, 15) is 14.4 Å². The summed E-state index contributed by atoms with van der Waals surface area (Å²) in [7, 11) is 0. The molecule has 0 aromatic carbocycles. The lowest BCUT2D eigenvalue weighted by Crippen LogP contribution is -2.37. The van der Waals surface area contributed by atoms with Crippen LogP contribution >= 0.6 is 0 Å². The van der Waals surface area contributed by atoms with Gasteiger partial charge in [0, 0.05) is 20.4 Å². The molecule has 2 aromatic heterocycles. The van der Waals surface area contributed by atoms with Crippen LogP contribution in [-0.4, -0.2) is 56.0 Å². The fraction of sp³-hybridized carbons (Fsp3) is 0.611. The molecule has 0 radical (unpaired) electrons. The van der Waals surface area contributed by atoms with E-state index in [1.807, 2.05) is 13.8 Å². The molecule has 30 heavy (non-hydrogen) atoms. The van der Waals surface area contributed by atoms with Crippen molar-refractivity contribution in [2.75, 3.05) is 12.3 Å². The molecule has 0 spiro atoms. The van der Waals surface area contributed by atoms with Crippen molar-refractivity contribution in [1.82, 2.24) is 19.1 Å². The second-order valence-corrected chi connectivity index (χ2v) is 7.48. The minimum atomic E-state index is -1.84. The molecule has 1 fully saturated rings. The molecule has 3 rings (SSSR count). The van der Waals surface area contributed by atoms with E-state index in [-0.39, 0.29) is 17.5 Å². The molecule has 11 nitrogen and oxygen atoms in total. The van der Waals surface area contributed by atoms with Crippen LogP contribution in [-0.2, 0) is 30.3 Å². The van der Waals surface area contributed by atoms with Crippen LogP contribution in [0.2, 0.25) is 0 Å². The maximum absolute atomic E-state index is 15.1. The van der Waals surface area contributed by atoms with Crippen LogP contribution in [0.15, 0.2) is 11.0 Å². The van der Waals surface area contributed by atoms with Gasteiger partial charge in [0.1, 0.15) is 18.2 Å². The van der Waals surface area contributed by atoms with E-state index < -0.39 is 48.8 Å². The van der Waals surface area contributed by atoms with Crippen LogP contribution in [0.4, 0.5) is 10.3 Å². The van der Waals surface area contributed by atoms with Crippen LogP contribution in [0.1, 0.15) is 33.9 Å². The lowest BCUT2D eigenvalue weighted by Gasteiger charge is -2.19. The highest BCUT2D eigenvalue weighted by Gasteiger charge is 2.50. The zero-order valence-corrected chi connectivity index (χ0v) is 17.1. The molecule has 0 amide bonds. The van der Waals surface area contributed by atoms with E-state index in [0.29, 0.717) is 12.1 Å². The molecule has 2 N–H and O–H groups in total. The topological polar surface area (TPSA) is 141 Å². The van der Waals surface area contributed by atoms with Crippen molar-refractivity contribution in [2.45, 2.75) is 58.8 Å². The van der Waals surface area contributed by atoms with Crippen molar-refractivity contribution in [2.24, 2.45) is 5.92 Å². The number of nitrogen functional groups attached to an aromatic ring is 1. The Balaban J connectivity index is 2.12. The summed E-state index contributed by atoms with van der Waals surface area (Å²) >= 11 is 0. The number of rotatable bonds is 6. The summed E-state index contributed by atoms with van der Waals surface area (Å²) < 4.78 is 33.3. The molecule has 164 valence electrons. The number of carbonyl (C=O) groups is 2. The quantitative estimate of drug-likeness (QED) is 0.657. The van der Waals surface area contributed by atoms with E-state index in [4.69, 9.17) is 19.9 Å². The third-order valence-electron chi connectivity index (χ3n) is 4.54. The van der Waals surface area contributed by atoms with E-state index in [2.05, 4.69) is 9.97 Å². The number of anilines is 1. The molecule has 1 aliphatic rings. The second-order valence-electron chi connectivity index (χ2n) is 7.48. The summed E-state index contributed by atoms with van der Waals surface area (Å²) in [6, 6.07) is 0. The number of esters is 2. The number of nitrogens with two attached hydrogens (primary N) is 1. The lowest BCUT2D eigenvalue weighted by molar-refractivity contribution is -0.154. The monoisotopic (exact) mass is 425 g/mol. The highest BCUT2D eigenvalue weighted by atomic mass is 19.1. The van der Waals surface area contributed by atoms with Crippen LogP contribution in [0, 0.1) is 5.92 Å². The standard InChI is InChI=1S/C18H24FN5O6/c1-8(2)6-23-11-5-21-17(20)22-15(11)24(18(23)27)16-14(29-10(4)26)13(19)12(30-16)7-28-9(3)25/h5,8,12-14,16H,6-7H2,1-4H3,(H2,20,21,22)/t12-,13-,14-,16-/m1/s1. The molecule has 0 unspecified atom stereocenters. The molecule has 2 aromatic rings. The minimum absolute atomic E-state index is 0.0896. The average Bonchev–Trinajstić information content (AvgIpc) is 3.07. The van der Waals surface area contributed by atoms with Gasteiger partial charge < -0.3 is 19.9 Å². The molecule has 3 heterocycles. The Labute approximate surface area is 170 Å². The lowest BCUT2D eigenvalue weighted by atomic mass is 10.1. The predicted molar refractivity (Wildman–Crippen MR) is 102 cm³/mol. The number of imidazole rings is 1. The van der Waals surface area contributed by atoms with Crippen molar-refractivity contribution in [3.8, 4) is 0 Å². The SMILES string of the molecule is CC(=O)OC[C@H]1O[C@@H](n2c(=O)n(CC(C)C)c3cnc(N)nc32)[C@H](OC(C)=O)[C@@H]1F.